The number of aromatic nitrogens is 4. The van der Waals surface area contributed by atoms with Crippen LogP contribution in [0.2, 0.25) is 0 Å². The van der Waals surface area contributed by atoms with Crippen molar-refractivity contribution < 1.29 is 9.47 Å². The van der Waals surface area contributed by atoms with Crippen molar-refractivity contribution in [2.75, 3.05) is 6.61 Å². The van der Waals surface area contributed by atoms with Crippen molar-refractivity contribution in [2.45, 2.75) is 57.2 Å². The fourth-order valence-corrected chi connectivity index (χ4v) is 3.62. The number of rotatable bonds is 6. The topological polar surface area (TPSA) is 62.1 Å². The molecule has 2 heterocycles. The fraction of sp³-hybridized carbons (Fsp3) is 0.562. The van der Waals surface area contributed by atoms with Crippen LogP contribution in [-0.4, -0.2) is 32.9 Å². The van der Waals surface area contributed by atoms with Crippen LogP contribution in [0.1, 0.15) is 44.9 Å². The Hall–Kier alpha value is -1.76. The molecule has 0 N–H and O–H groups in total. The second-order valence-electron chi connectivity index (χ2n) is 5.92. The van der Waals surface area contributed by atoms with Crippen LogP contribution in [-0.2, 0) is 12.2 Å². The Kier molecular flexibility index (Phi) is 4.75. The molecular formula is C16H22N4O2S. The van der Waals surface area contributed by atoms with E-state index in [0.29, 0.717) is 6.61 Å². The summed E-state index contributed by atoms with van der Waals surface area (Å²) in [6.45, 7) is 8.87. The monoisotopic (exact) mass is 334 g/mol. The van der Waals surface area contributed by atoms with Crippen molar-refractivity contribution in [3.63, 3.8) is 0 Å². The molecule has 0 bridgehead atoms. The van der Waals surface area contributed by atoms with Crippen molar-refractivity contribution in [2.24, 2.45) is 0 Å². The maximum Gasteiger partial charge on any atom is 0.209 e. The van der Waals surface area contributed by atoms with Gasteiger partial charge < -0.3 is 9.47 Å². The van der Waals surface area contributed by atoms with Crippen LogP contribution < -0.4 is 9.47 Å². The predicted molar refractivity (Wildman–Crippen MR) is 89.2 cm³/mol. The van der Waals surface area contributed by atoms with E-state index >= 15 is 0 Å². The van der Waals surface area contributed by atoms with Crippen molar-refractivity contribution in [1.29, 1.82) is 0 Å². The first kappa shape index (κ1) is 16.1. The average molecular weight is 334 g/mol. The van der Waals surface area contributed by atoms with E-state index in [1.807, 2.05) is 11.6 Å². The lowest BCUT2D eigenvalue weighted by Gasteiger charge is -2.13. The third-order valence-corrected chi connectivity index (χ3v) is 4.67. The molecule has 1 unspecified atom stereocenters. The second-order valence-corrected chi connectivity index (χ2v) is 6.86. The Bertz CT molecular complexity index is 687. The molecular weight excluding hydrogens is 312 g/mol. The zero-order valence-corrected chi connectivity index (χ0v) is 14.8. The molecule has 23 heavy (non-hydrogen) atoms. The summed E-state index contributed by atoms with van der Waals surface area (Å²) in [6.07, 6.45) is 1.17. The highest BCUT2D eigenvalue weighted by atomic mass is 32.2. The zero-order valence-electron chi connectivity index (χ0n) is 13.9. The molecule has 1 aliphatic rings. The maximum atomic E-state index is 5.87. The van der Waals surface area contributed by atoms with Gasteiger partial charge in [0.15, 0.2) is 0 Å². The van der Waals surface area contributed by atoms with Gasteiger partial charge in [0.25, 0.3) is 0 Å². The minimum atomic E-state index is 0.232. The molecule has 6 nitrogen and oxygen atoms in total. The van der Waals surface area contributed by atoms with E-state index in [0.717, 1.165) is 34.4 Å². The van der Waals surface area contributed by atoms with E-state index in [9.17, 15) is 0 Å². The molecule has 124 valence electrons. The summed E-state index contributed by atoms with van der Waals surface area (Å²) in [5.41, 5.74) is 2.34. The number of nitrogens with zero attached hydrogens (tertiary/aromatic N) is 4. The third kappa shape index (κ3) is 3.44. The Morgan fingerprint density at radius 2 is 2.26 bits per heavy atom. The lowest BCUT2D eigenvalue weighted by Crippen LogP contribution is -2.05. The van der Waals surface area contributed by atoms with Gasteiger partial charge in [-0.2, -0.15) is 0 Å². The number of thioether (sulfide) groups is 1. The number of ether oxygens (including phenoxy) is 2. The van der Waals surface area contributed by atoms with Gasteiger partial charge in [0.05, 0.1) is 12.6 Å². The minimum Gasteiger partial charge on any atom is -0.494 e. The highest BCUT2D eigenvalue weighted by molar-refractivity contribution is 7.98. The molecule has 0 saturated heterocycles. The van der Waals surface area contributed by atoms with E-state index in [-0.39, 0.29) is 12.1 Å². The van der Waals surface area contributed by atoms with E-state index in [1.54, 1.807) is 11.8 Å². The van der Waals surface area contributed by atoms with E-state index < -0.39 is 0 Å². The third-order valence-electron chi connectivity index (χ3n) is 3.69. The Morgan fingerprint density at radius 1 is 1.43 bits per heavy atom. The van der Waals surface area contributed by atoms with Gasteiger partial charge in [-0.15, -0.1) is 5.10 Å². The van der Waals surface area contributed by atoms with Gasteiger partial charge in [-0.3, -0.25) is 0 Å². The number of fused-ring (bicyclic) bond motifs is 1. The Balaban J connectivity index is 1.81. The first-order valence-corrected chi connectivity index (χ1v) is 8.93. The van der Waals surface area contributed by atoms with Crippen LogP contribution >= 0.6 is 11.8 Å². The van der Waals surface area contributed by atoms with Crippen LogP contribution in [0.5, 0.6) is 11.5 Å². The summed E-state index contributed by atoms with van der Waals surface area (Å²) in [4.78, 5) is 0. The van der Waals surface area contributed by atoms with Crippen LogP contribution in [0.15, 0.2) is 17.3 Å². The van der Waals surface area contributed by atoms with Crippen LogP contribution in [0.4, 0.5) is 0 Å². The molecule has 0 saturated carbocycles. The molecule has 2 aromatic rings. The number of tetrazole rings is 1. The molecule has 1 aromatic carbocycles. The number of hydrogen-bond acceptors (Lipinski definition) is 6. The molecule has 3 rings (SSSR count). The highest BCUT2D eigenvalue weighted by Crippen LogP contribution is 2.37. The van der Waals surface area contributed by atoms with Gasteiger partial charge in [-0.1, -0.05) is 11.8 Å². The average Bonchev–Trinajstić information content (AvgIpc) is 3.10. The Morgan fingerprint density at radius 3 is 3.00 bits per heavy atom. The van der Waals surface area contributed by atoms with E-state index in [2.05, 4.69) is 48.4 Å². The van der Waals surface area contributed by atoms with Gasteiger partial charge >= 0.3 is 0 Å². The van der Waals surface area contributed by atoms with Crippen molar-refractivity contribution in [1.82, 2.24) is 20.2 Å². The number of benzene rings is 1. The zero-order chi connectivity index (χ0) is 16.4. The lowest BCUT2D eigenvalue weighted by molar-refractivity contribution is 0.254. The number of hydrogen-bond donors (Lipinski definition) is 0. The fourth-order valence-electron chi connectivity index (χ4n) is 2.63. The smallest absolute Gasteiger partial charge is 0.209 e. The summed E-state index contributed by atoms with van der Waals surface area (Å²) in [6, 6.07) is 4.45. The molecule has 1 aromatic heterocycles. The van der Waals surface area contributed by atoms with E-state index in [4.69, 9.17) is 9.47 Å². The quantitative estimate of drug-likeness (QED) is 0.756. The minimum absolute atomic E-state index is 0.232. The van der Waals surface area contributed by atoms with E-state index in [1.165, 1.54) is 5.56 Å². The molecule has 1 atom stereocenters. The van der Waals surface area contributed by atoms with Gasteiger partial charge in [0.2, 0.25) is 5.16 Å². The van der Waals surface area contributed by atoms with Crippen molar-refractivity contribution in [3.8, 4) is 11.5 Å². The van der Waals surface area contributed by atoms with Crippen LogP contribution in [0.25, 0.3) is 0 Å². The molecule has 0 aliphatic carbocycles. The maximum absolute atomic E-state index is 5.87. The van der Waals surface area contributed by atoms with Crippen molar-refractivity contribution >= 4 is 11.8 Å². The largest absolute Gasteiger partial charge is 0.494 e. The molecule has 0 amide bonds. The van der Waals surface area contributed by atoms with Gasteiger partial charge in [-0.05, 0) is 50.3 Å². The summed E-state index contributed by atoms with van der Waals surface area (Å²) >= 11 is 1.61. The molecule has 1 aliphatic heterocycles. The Labute approximate surface area is 140 Å². The molecule has 0 fully saturated rings. The highest BCUT2D eigenvalue weighted by Gasteiger charge is 2.22. The van der Waals surface area contributed by atoms with Crippen molar-refractivity contribution in [3.05, 3.63) is 23.3 Å². The van der Waals surface area contributed by atoms with Gasteiger partial charge in [0, 0.05) is 23.3 Å². The predicted octanol–water partition coefficient (Wildman–Crippen LogP) is 3.27. The summed E-state index contributed by atoms with van der Waals surface area (Å²) < 4.78 is 13.5. The van der Waals surface area contributed by atoms with Crippen LogP contribution in [0.3, 0.4) is 0 Å². The SMILES string of the molecule is CCOc1cc2c(cc1CSc1nnnn1C(C)C)OC(C)C2. The van der Waals surface area contributed by atoms with Gasteiger partial charge in [-0.25, -0.2) is 4.68 Å². The normalized spacial score (nSPS) is 16.5. The molecule has 0 spiro atoms. The lowest BCUT2D eigenvalue weighted by atomic mass is 10.1. The second kappa shape index (κ2) is 6.78. The first-order chi connectivity index (χ1) is 11.1. The van der Waals surface area contributed by atoms with Gasteiger partial charge in [0.1, 0.15) is 17.6 Å². The standard InChI is InChI=1S/C16H22N4O2S/c1-5-21-14-7-12-6-11(4)22-15(12)8-13(14)9-23-16-17-18-19-20(16)10(2)3/h7-8,10-11H,5-6,9H2,1-4H3. The summed E-state index contributed by atoms with van der Waals surface area (Å²) in [5.74, 6) is 2.65. The summed E-state index contributed by atoms with van der Waals surface area (Å²) in [7, 11) is 0. The first-order valence-electron chi connectivity index (χ1n) is 7.94. The molecule has 0 radical (unpaired) electrons. The summed E-state index contributed by atoms with van der Waals surface area (Å²) in [5, 5.41) is 12.7. The molecule has 7 heteroatoms. The van der Waals surface area contributed by atoms with Crippen LogP contribution in [0, 0.1) is 0 Å².